The molecule has 0 saturated heterocycles. The van der Waals surface area contributed by atoms with Crippen LogP contribution in [0, 0.1) is 19.7 Å². The summed E-state index contributed by atoms with van der Waals surface area (Å²) in [5.74, 6) is -0.863. The number of carbonyl (C=O) groups is 1. The number of hydrogen-bond acceptors (Lipinski definition) is 1. The largest absolute Gasteiger partial charge is 0.481 e. The van der Waals surface area contributed by atoms with Crippen LogP contribution in [0.4, 0.5) is 4.39 Å². The predicted octanol–water partition coefficient (Wildman–Crippen LogP) is 3.63. The van der Waals surface area contributed by atoms with Gasteiger partial charge >= 0.3 is 5.97 Å². The maximum Gasteiger partial charge on any atom is 0.303 e. The van der Waals surface area contributed by atoms with E-state index in [9.17, 15) is 9.18 Å². The molecule has 17 heavy (non-hydrogen) atoms. The summed E-state index contributed by atoms with van der Waals surface area (Å²) in [4.78, 5) is 10.3. The Labute approximate surface area is 101 Å². The van der Waals surface area contributed by atoms with Crippen LogP contribution in [-0.2, 0) is 11.2 Å². The van der Waals surface area contributed by atoms with Gasteiger partial charge in [-0.2, -0.15) is 0 Å². The summed E-state index contributed by atoms with van der Waals surface area (Å²) in [5.41, 5.74) is 2.51. The Morgan fingerprint density at radius 2 is 1.76 bits per heavy atom. The summed E-state index contributed by atoms with van der Waals surface area (Å²) in [6, 6.07) is 3.75. The van der Waals surface area contributed by atoms with Crippen LogP contribution in [-0.4, -0.2) is 11.1 Å². The van der Waals surface area contributed by atoms with E-state index in [1.807, 2.05) is 12.1 Å². The van der Waals surface area contributed by atoms with E-state index in [1.54, 1.807) is 13.8 Å². The third-order valence-corrected chi connectivity index (χ3v) is 2.85. The van der Waals surface area contributed by atoms with Crippen molar-refractivity contribution in [2.24, 2.45) is 0 Å². The molecule has 0 aliphatic carbocycles. The molecule has 0 atom stereocenters. The monoisotopic (exact) mass is 238 g/mol. The molecule has 0 bridgehead atoms. The van der Waals surface area contributed by atoms with Gasteiger partial charge in [0, 0.05) is 6.42 Å². The molecule has 0 heterocycles. The van der Waals surface area contributed by atoms with Crippen LogP contribution in [0.5, 0.6) is 0 Å². The van der Waals surface area contributed by atoms with Crippen molar-refractivity contribution in [3.63, 3.8) is 0 Å². The molecule has 0 saturated carbocycles. The molecule has 0 fully saturated rings. The fraction of sp³-hybridized carbons (Fsp3) is 0.500. The van der Waals surface area contributed by atoms with Gasteiger partial charge < -0.3 is 5.11 Å². The molecule has 94 valence electrons. The molecule has 2 nitrogen and oxygen atoms in total. The molecule has 0 aliphatic heterocycles. The summed E-state index contributed by atoms with van der Waals surface area (Å²) >= 11 is 0. The minimum atomic E-state index is -0.738. The predicted molar refractivity (Wildman–Crippen MR) is 65.7 cm³/mol. The van der Waals surface area contributed by atoms with Crippen molar-refractivity contribution in [2.75, 3.05) is 0 Å². The quantitative estimate of drug-likeness (QED) is 0.768. The summed E-state index contributed by atoms with van der Waals surface area (Å²) < 4.78 is 13.4. The van der Waals surface area contributed by atoms with E-state index in [-0.39, 0.29) is 12.2 Å². The topological polar surface area (TPSA) is 37.3 Å². The highest BCUT2D eigenvalue weighted by molar-refractivity contribution is 5.66. The summed E-state index contributed by atoms with van der Waals surface area (Å²) in [5, 5.41) is 8.49. The van der Waals surface area contributed by atoms with E-state index < -0.39 is 5.97 Å². The molecule has 1 aromatic rings. The van der Waals surface area contributed by atoms with E-state index in [4.69, 9.17) is 5.11 Å². The van der Waals surface area contributed by atoms with Crippen LogP contribution < -0.4 is 0 Å². The Morgan fingerprint density at radius 1 is 1.18 bits per heavy atom. The molecule has 0 spiro atoms. The van der Waals surface area contributed by atoms with Gasteiger partial charge in [-0.3, -0.25) is 4.79 Å². The Kier molecular flexibility index (Phi) is 5.13. The van der Waals surface area contributed by atoms with Crippen LogP contribution in [0.15, 0.2) is 12.1 Å². The van der Waals surface area contributed by atoms with E-state index in [1.165, 1.54) is 0 Å². The zero-order chi connectivity index (χ0) is 12.8. The van der Waals surface area contributed by atoms with Crippen LogP contribution >= 0.6 is 0 Å². The molecule has 3 heteroatoms. The van der Waals surface area contributed by atoms with Gasteiger partial charge in [0.25, 0.3) is 0 Å². The average molecular weight is 238 g/mol. The van der Waals surface area contributed by atoms with Crippen molar-refractivity contribution in [3.05, 3.63) is 34.6 Å². The Morgan fingerprint density at radius 3 is 2.29 bits per heavy atom. The zero-order valence-electron chi connectivity index (χ0n) is 10.4. The fourth-order valence-corrected chi connectivity index (χ4v) is 1.96. The number of rotatable bonds is 6. The van der Waals surface area contributed by atoms with Gasteiger partial charge in [0.15, 0.2) is 0 Å². The lowest BCUT2D eigenvalue weighted by atomic mass is 10.0. The van der Waals surface area contributed by atoms with E-state index in [0.717, 1.165) is 24.8 Å². The lowest BCUT2D eigenvalue weighted by molar-refractivity contribution is -0.137. The fourth-order valence-electron chi connectivity index (χ4n) is 1.96. The third-order valence-electron chi connectivity index (χ3n) is 2.85. The Balaban J connectivity index is 2.39. The highest BCUT2D eigenvalue weighted by atomic mass is 19.1. The van der Waals surface area contributed by atoms with Crippen molar-refractivity contribution in [1.29, 1.82) is 0 Å². The van der Waals surface area contributed by atoms with Crippen molar-refractivity contribution < 1.29 is 14.3 Å². The Bertz CT molecular complexity index is 376. The molecular formula is C14H19FO2. The van der Waals surface area contributed by atoms with E-state index in [0.29, 0.717) is 17.5 Å². The van der Waals surface area contributed by atoms with E-state index in [2.05, 4.69) is 0 Å². The number of unbranched alkanes of at least 4 members (excludes halogenated alkanes) is 2. The SMILES string of the molecule is Cc1cc(CCCCCC(=O)O)cc(C)c1F. The first-order valence-electron chi connectivity index (χ1n) is 5.98. The molecule has 1 rings (SSSR count). The summed E-state index contributed by atoms with van der Waals surface area (Å²) in [6.07, 6.45) is 3.71. The van der Waals surface area contributed by atoms with Gasteiger partial charge in [-0.15, -0.1) is 0 Å². The van der Waals surface area contributed by atoms with Gasteiger partial charge in [-0.05, 0) is 49.8 Å². The maximum absolute atomic E-state index is 13.4. The second-order valence-corrected chi connectivity index (χ2v) is 4.50. The van der Waals surface area contributed by atoms with Crippen LogP contribution in [0.25, 0.3) is 0 Å². The van der Waals surface area contributed by atoms with Gasteiger partial charge in [-0.25, -0.2) is 4.39 Å². The lowest BCUT2D eigenvalue weighted by Crippen LogP contribution is -1.96. The highest BCUT2D eigenvalue weighted by Gasteiger charge is 2.04. The third kappa shape index (κ3) is 4.55. The molecule has 1 aromatic carbocycles. The van der Waals surface area contributed by atoms with Crippen molar-refractivity contribution in [1.82, 2.24) is 0 Å². The van der Waals surface area contributed by atoms with Gasteiger partial charge in [0.1, 0.15) is 5.82 Å². The van der Waals surface area contributed by atoms with E-state index >= 15 is 0 Å². The molecule has 0 aromatic heterocycles. The second-order valence-electron chi connectivity index (χ2n) is 4.50. The minimum absolute atomic E-state index is 0.125. The first-order chi connectivity index (χ1) is 8.00. The minimum Gasteiger partial charge on any atom is -0.481 e. The number of halogens is 1. The second kappa shape index (κ2) is 6.38. The van der Waals surface area contributed by atoms with Gasteiger partial charge in [-0.1, -0.05) is 18.6 Å². The first kappa shape index (κ1) is 13.7. The molecule has 0 unspecified atom stereocenters. The summed E-state index contributed by atoms with van der Waals surface area (Å²) in [7, 11) is 0. The normalized spacial score (nSPS) is 10.5. The van der Waals surface area contributed by atoms with Crippen molar-refractivity contribution in [2.45, 2.75) is 46.0 Å². The summed E-state index contributed by atoms with van der Waals surface area (Å²) in [6.45, 7) is 3.55. The van der Waals surface area contributed by atoms with Gasteiger partial charge in [0.2, 0.25) is 0 Å². The molecule has 1 N–H and O–H groups in total. The van der Waals surface area contributed by atoms with Crippen molar-refractivity contribution >= 4 is 5.97 Å². The average Bonchev–Trinajstić information content (AvgIpc) is 2.25. The number of carboxylic acid groups (broad SMARTS) is 1. The Hall–Kier alpha value is -1.38. The molecule has 0 amide bonds. The lowest BCUT2D eigenvalue weighted by Gasteiger charge is -2.06. The standard InChI is InChI=1S/C14H19FO2/c1-10-8-12(9-11(2)14(10)15)6-4-3-5-7-13(16)17/h8-9H,3-7H2,1-2H3,(H,16,17). The number of aryl methyl sites for hydroxylation is 3. The number of hydrogen-bond donors (Lipinski definition) is 1. The van der Waals surface area contributed by atoms with Gasteiger partial charge in [0.05, 0.1) is 0 Å². The smallest absolute Gasteiger partial charge is 0.303 e. The molecular weight excluding hydrogens is 219 g/mol. The van der Waals surface area contributed by atoms with Crippen LogP contribution in [0.2, 0.25) is 0 Å². The highest BCUT2D eigenvalue weighted by Crippen LogP contribution is 2.16. The van der Waals surface area contributed by atoms with Crippen LogP contribution in [0.1, 0.15) is 42.4 Å². The maximum atomic E-state index is 13.4. The number of benzene rings is 1. The number of carboxylic acids is 1. The molecule has 0 aliphatic rings. The first-order valence-corrected chi connectivity index (χ1v) is 5.98. The molecule has 0 radical (unpaired) electrons. The zero-order valence-corrected chi connectivity index (χ0v) is 10.4. The van der Waals surface area contributed by atoms with Crippen LogP contribution in [0.3, 0.4) is 0 Å². The number of aliphatic carboxylic acids is 1. The van der Waals surface area contributed by atoms with Crippen molar-refractivity contribution in [3.8, 4) is 0 Å².